The Morgan fingerprint density at radius 1 is 1.48 bits per heavy atom. The molecule has 21 heavy (non-hydrogen) atoms. The molecule has 1 heterocycles. The fourth-order valence-electron chi connectivity index (χ4n) is 3.13. The van der Waals surface area contributed by atoms with Crippen LogP contribution in [0.1, 0.15) is 38.3 Å². The molecular formula is C17H22N2O2. The highest BCUT2D eigenvalue weighted by molar-refractivity contribution is 5.76. The van der Waals surface area contributed by atoms with Crippen molar-refractivity contribution in [1.29, 1.82) is 5.26 Å². The van der Waals surface area contributed by atoms with E-state index in [-0.39, 0.29) is 24.0 Å². The Bertz CT molecular complexity index is 509. The van der Waals surface area contributed by atoms with Gasteiger partial charge in [-0.15, -0.1) is 0 Å². The molecule has 1 aromatic carbocycles. The molecule has 1 saturated heterocycles. The minimum atomic E-state index is -0.306. The van der Waals surface area contributed by atoms with E-state index >= 15 is 0 Å². The second-order valence-corrected chi connectivity index (χ2v) is 5.43. The van der Waals surface area contributed by atoms with Gasteiger partial charge >= 0.3 is 5.97 Å². The number of rotatable bonds is 5. The molecule has 4 nitrogen and oxygen atoms in total. The number of hydrogen-bond acceptors (Lipinski definition) is 4. The lowest BCUT2D eigenvalue weighted by Crippen LogP contribution is -2.42. The summed E-state index contributed by atoms with van der Waals surface area (Å²) in [7, 11) is 0. The molecule has 112 valence electrons. The molecule has 4 heteroatoms. The fourth-order valence-corrected chi connectivity index (χ4v) is 3.13. The lowest BCUT2D eigenvalue weighted by atomic mass is 9.96. The summed E-state index contributed by atoms with van der Waals surface area (Å²) in [4.78, 5) is 14.5. The third kappa shape index (κ3) is 3.43. The topological polar surface area (TPSA) is 53.3 Å². The predicted molar refractivity (Wildman–Crippen MR) is 80.3 cm³/mol. The smallest absolute Gasteiger partial charge is 0.323 e. The molecule has 0 aliphatic carbocycles. The lowest BCUT2D eigenvalue weighted by Gasteiger charge is -2.31. The van der Waals surface area contributed by atoms with Crippen LogP contribution in [0, 0.1) is 17.2 Å². The predicted octanol–water partition coefficient (Wildman–Crippen LogP) is 2.91. The zero-order valence-corrected chi connectivity index (χ0v) is 12.7. The highest BCUT2D eigenvalue weighted by Crippen LogP contribution is 2.34. The van der Waals surface area contributed by atoms with Crippen molar-refractivity contribution >= 4 is 5.97 Å². The van der Waals surface area contributed by atoms with Gasteiger partial charge in [-0.1, -0.05) is 30.3 Å². The third-order valence-corrected chi connectivity index (χ3v) is 4.22. The first-order valence-electron chi connectivity index (χ1n) is 7.53. The van der Waals surface area contributed by atoms with Crippen LogP contribution in [0.15, 0.2) is 30.3 Å². The Morgan fingerprint density at radius 2 is 2.19 bits per heavy atom. The normalized spacial score (nSPS) is 23.5. The molecule has 1 aliphatic rings. The monoisotopic (exact) mass is 286 g/mol. The van der Waals surface area contributed by atoms with Crippen molar-refractivity contribution in [3.8, 4) is 6.07 Å². The number of esters is 1. The second-order valence-electron chi connectivity index (χ2n) is 5.43. The summed E-state index contributed by atoms with van der Waals surface area (Å²) in [5.74, 6) is -0.127. The van der Waals surface area contributed by atoms with Gasteiger partial charge in [0.05, 0.1) is 12.7 Å². The first-order chi connectivity index (χ1) is 10.2. The Kier molecular flexibility index (Phi) is 5.35. The van der Waals surface area contributed by atoms with Crippen LogP contribution in [-0.2, 0) is 9.53 Å². The molecule has 0 aromatic heterocycles. The Balaban J connectivity index is 2.20. The van der Waals surface area contributed by atoms with Crippen LogP contribution >= 0.6 is 0 Å². The fraction of sp³-hybridized carbons (Fsp3) is 0.529. The molecule has 0 saturated carbocycles. The number of carbonyl (C=O) groups excluding carboxylic acids is 1. The van der Waals surface area contributed by atoms with Gasteiger partial charge in [0.1, 0.15) is 6.04 Å². The van der Waals surface area contributed by atoms with Crippen molar-refractivity contribution in [2.45, 2.75) is 38.8 Å². The lowest BCUT2D eigenvalue weighted by molar-refractivity contribution is -0.150. The molecule has 2 rings (SSSR count). The van der Waals surface area contributed by atoms with Gasteiger partial charge in [0.25, 0.3) is 0 Å². The molecule has 1 aromatic rings. The Hall–Kier alpha value is -1.86. The summed E-state index contributed by atoms with van der Waals surface area (Å²) in [6, 6.07) is 12.2. The Morgan fingerprint density at radius 3 is 2.81 bits per heavy atom. The molecule has 0 radical (unpaired) electrons. The molecule has 0 unspecified atom stereocenters. The summed E-state index contributed by atoms with van der Waals surface area (Å²) in [6.45, 7) is 5.13. The number of carbonyl (C=O) groups is 1. The largest absolute Gasteiger partial charge is 0.465 e. The van der Waals surface area contributed by atoms with E-state index in [9.17, 15) is 4.79 Å². The first-order valence-corrected chi connectivity index (χ1v) is 7.53. The molecule has 3 atom stereocenters. The van der Waals surface area contributed by atoms with E-state index in [0.29, 0.717) is 13.0 Å². The van der Waals surface area contributed by atoms with E-state index in [0.717, 1.165) is 13.0 Å². The highest BCUT2D eigenvalue weighted by Gasteiger charge is 2.42. The summed E-state index contributed by atoms with van der Waals surface area (Å²) in [5, 5.41) is 8.98. The highest BCUT2D eigenvalue weighted by atomic mass is 16.5. The number of likely N-dealkylation sites (tertiary alicyclic amines) is 1. The Labute approximate surface area is 126 Å². The molecular weight excluding hydrogens is 264 g/mol. The number of benzene rings is 1. The summed E-state index contributed by atoms with van der Waals surface area (Å²) in [6.07, 6.45) is 1.27. The van der Waals surface area contributed by atoms with E-state index in [1.807, 2.05) is 25.1 Å². The summed E-state index contributed by atoms with van der Waals surface area (Å²) in [5.41, 5.74) is 1.18. The van der Waals surface area contributed by atoms with E-state index in [2.05, 4.69) is 30.0 Å². The quantitative estimate of drug-likeness (QED) is 0.781. The van der Waals surface area contributed by atoms with Crippen LogP contribution in [0.4, 0.5) is 0 Å². The van der Waals surface area contributed by atoms with Gasteiger partial charge in [0, 0.05) is 12.5 Å². The van der Waals surface area contributed by atoms with E-state index in [1.165, 1.54) is 5.56 Å². The van der Waals surface area contributed by atoms with Crippen LogP contribution in [0.3, 0.4) is 0 Å². The standard InChI is InChI=1S/C17H22N2O2/c1-3-21-17(20)16-15(9-11-18)10-12-19(16)13(2)14-7-5-4-6-8-14/h4-8,13,15-16H,3,9-10,12H2,1-2H3/t13-,15+,16-/m1/s1. The van der Waals surface area contributed by atoms with Gasteiger partial charge in [0.15, 0.2) is 0 Å². The van der Waals surface area contributed by atoms with Gasteiger partial charge in [-0.3, -0.25) is 9.69 Å². The minimum absolute atomic E-state index is 0.0696. The van der Waals surface area contributed by atoms with Crippen LogP contribution < -0.4 is 0 Å². The minimum Gasteiger partial charge on any atom is -0.465 e. The van der Waals surface area contributed by atoms with Gasteiger partial charge < -0.3 is 4.74 Å². The van der Waals surface area contributed by atoms with Crippen molar-refractivity contribution < 1.29 is 9.53 Å². The molecule has 1 aliphatic heterocycles. The number of nitriles is 1. The zero-order chi connectivity index (χ0) is 15.2. The second kappa shape index (κ2) is 7.24. The molecule has 0 spiro atoms. The van der Waals surface area contributed by atoms with Crippen LogP contribution in [0.2, 0.25) is 0 Å². The average Bonchev–Trinajstić information content (AvgIpc) is 2.92. The number of hydrogen-bond donors (Lipinski definition) is 0. The SMILES string of the molecule is CCOC(=O)[C@H]1[C@@H](CC#N)CCN1[C@H](C)c1ccccc1. The maximum absolute atomic E-state index is 12.3. The molecule has 0 bridgehead atoms. The summed E-state index contributed by atoms with van der Waals surface area (Å²) < 4.78 is 5.23. The number of ether oxygens (including phenoxy) is 1. The van der Waals surface area contributed by atoms with Crippen molar-refractivity contribution in [2.24, 2.45) is 5.92 Å². The van der Waals surface area contributed by atoms with Crippen molar-refractivity contribution in [2.75, 3.05) is 13.2 Å². The van der Waals surface area contributed by atoms with E-state index in [1.54, 1.807) is 0 Å². The van der Waals surface area contributed by atoms with Crippen molar-refractivity contribution in [3.63, 3.8) is 0 Å². The maximum atomic E-state index is 12.3. The maximum Gasteiger partial charge on any atom is 0.323 e. The summed E-state index contributed by atoms with van der Waals surface area (Å²) >= 11 is 0. The van der Waals surface area contributed by atoms with Crippen LogP contribution in [-0.4, -0.2) is 30.1 Å². The van der Waals surface area contributed by atoms with E-state index < -0.39 is 0 Å². The average molecular weight is 286 g/mol. The third-order valence-electron chi connectivity index (χ3n) is 4.22. The zero-order valence-electron chi connectivity index (χ0n) is 12.7. The molecule has 0 amide bonds. The van der Waals surface area contributed by atoms with Crippen LogP contribution in [0.5, 0.6) is 0 Å². The van der Waals surface area contributed by atoms with Crippen LogP contribution in [0.25, 0.3) is 0 Å². The number of nitrogens with zero attached hydrogens (tertiary/aromatic N) is 2. The van der Waals surface area contributed by atoms with Crippen molar-refractivity contribution in [3.05, 3.63) is 35.9 Å². The van der Waals surface area contributed by atoms with Gasteiger partial charge in [0.2, 0.25) is 0 Å². The van der Waals surface area contributed by atoms with Crippen molar-refractivity contribution in [1.82, 2.24) is 4.90 Å². The van der Waals surface area contributed by atoms with E-state index in [4.69, 9.17) is 10.00 Å². The van der Waals surface area contributed by atoms with Gasteiger partial charge in [-0.25, -0.2) is 0 Å². The molecule has 1 fully saturated rings. The molecule has 0 N–H and O–H groups in total. The van der Waals surface area contributed by atoms with Gasteiger partial charge in [-0.05, 0) is 38.3 Å². The first kappa shape index (κ1) is 15.5. The van der Waals surface area contributed by atoms with Gasteiger partial charge in [-0.2, -0.15) is 5.26 Å².